The molecule has 28 heavy (non-hydrogen) atoms. The summed E-state index contributed by atoms with van der Waals surface area (Å²) in [6, 6.07) is 4.58. The number of carbonyl (C=O) groups excluding carboxylic acids is 1. The number of benzene rings is 1. The molecular weight excluding hydrogens is 385 g/mol. The molecule has 2 heterocycles. The zero-order chi connectivity index (χ0) is 20.1. The molecule has 1 amide bonds. The van der Waals surface area contributed by atoms with E-state index in [1.165, 1.54) is 12.1 Å². The van der Waals surface area contributed by atoms with Gasteiger partial charge in [0, 0.05) is 12.6 Å². The van der Waals surface area contributed by atoms with Gasteiger partial charge in [0.25, 0.3) is 5.91 Å². The average Bonchev–Trinajstić information content (AvgIpc) is 3.27. The van der Waals surface area contributed by atoms with Gasteiger partial charge in [0.15, 0.2) is 0 Å². The molecule has 1 aromatic heterocycles. The van der Waals surface area contributed by atoms with Gasteiger partial charge < -0.3 is 14.9 Å². The van der Waals surface area contributed by atoms with Gasteiger partial charge >= 0.3 is 0 Å². The number of unbranched alkanes of at least 4 members (excludes halogenated alkanes) is 1. The number of nitrogens with one attached hydrogen (secondary N) is 1. The fourth-order valence-electron chi connectivity index (χ4n) is 3.66. The Bertz CT molecular complexity index is 807. The predicted molar refractivity (Wildman–Crippen MR) is 105 cm³/mol. The third kappa shape index (κ3) is 4.54. The first kappa shape index (κ1) is 20.8. The number of aromatic nitrogens is 1. The van der Waals surface area contributed by atoms with E-state index in [1.807, 2.05) is 0 Å². The number of hydrogen-bond acceptors (Lipinski definition) is 5. The lowest BCUT2D eigenvalue weighted by Gasteiger charge is -2.22. The Morgan fingerprint density at radius 3 is 3.04 bits per heavy atom. The van der Waals surface area contributed by atoms with Gasteiger partial charge in [-0.05, 0) is 57.8 Å². The highest BCUT2D eigenvalue weighted by Crippen LogP contribution is 2.33. The van der Waals surface area contributed by atoms with Crippen LogP contribution in [0.1, 0.15) is 41.8 Å². The Kier molecular flexibility index (Phi) is 7.04. The number of likely N-dealkylation sites (tertiary alicyclic amines) is 1. The third-order valence-corrected chi connectivity index (χ3v) is 5.47. The summed E-state index contributed by atoms with van der Waals surface area (Å²) in [6.07, 6.45) is 3.89. The van der Waals surface area contributed by atoms with Crippen molar-refractivity contribution in [3.63, 3.8) is 0 Å². The maximum atomic E-state index is 14.2. The molecule has 152 valence electrons. The summed E-state index contributed by atoms with van der Waals surface area (Å²) < 4.78 is 19.4. The minimum absolute atomic E-state index is 0.0650. The maximum absolute atomic E-state index is 14.2. The maximum Gasteiger partial charge on any atom is 0.257 e. The van der Waals surface area contributed by atoms with Crippen molar-refractivity contribution in [2.24, 2.45) is 0 Å². The molecule has 1 saturated heterocycles. The Morgan fingerprint density at radius 1 is 1.46 bits per heavy atom. The highest BCUT2D eigenvalue weighted by molar-refractivity contribution is 6.33. The second-order valence-corrected chi connectivity index (χ2v) is 7.44. The predicted octanol–water partition coefficient (Wildman–Crippen LogP) is 3.41. The molecule has 1 aliphatic heterocycles. The summed E-state index contributed by atoms with van der Waals surface area (Å²) in [5.41, 5.74) is 0.378. The van der Waals surface area contributed by atoms with Gasteiger partial charge in [0.05, 0.1) is 17.2 Å². The number of rotatable bonds is 8. The van der Waals surface area contributed by atoms with Gasteiger partial charge in [0.2, 0.25) is 0 Å². The standard InChI is InChI=1S/C20H25ClFN3O3/c1-13-17(19(24-28-13)18-15(21)7-4-8-16(18)22)20(27)23-9-2-3-10-25-11-5-6-14(25)12-26/h4,7-8,14,26H,2-3,5-6,9-12H2,1H3,(H,23,27). The van der Waals surface area contributed by atoms with Crippen molar-refractivity contribution in [3.8, 4) is 11.3 Å². The Hall–Kier alpha value is -1.96. The summed E-state index contributed by atoms with van der Waals surface area (Å²) in [5, 5.41) is 16.2. The summed E-state index contributed by atoms with van der Waals surface area (Å²) in [6.45, 7) is 4.23. The number of halogens is 2. The number of aryl methyl sites for hydroxylation is 1. The lowest BCUT2D eigenvalue weighted by Crippen LogP contribution is -2.33. The van der Waals surface area contributed by atoms with Gasteiger partial charge in [-0.1, -0.05) is 22.8 Å². The minimum Gasteiger partial charge on any atom is -0.395 e. The molecule has 1 aliphatic rings. The molecule has 3 rings (SSSR count). The van der Waals surface area contributed by atoms with Crippen molar-refractivity contribution in [1.29, 1.82) is 0 Å². The van der Waals surface area contributed by atoms with E-state index in [9.17, 15) is 14.3 Å². The van der Waals surface area contributed by atoms with Crippen molar-refractivity contribution < 1.29 is 18.8 Å². The van der Waals surface area contributed by atoms with Crippen LogP contribution >= 0.6 is 11.6 Å². The van der Waals surface area contributed by atoms with Crippen LogP contribution in [0.4, 0.5) is 4.39 Å². The Balaban J connectivity index is 1.57. The summed E-state index contributed by atoms with van der Waals surface area (Å²) in [7, 11) is 0. The molecule has 1 unspecified atom stereocenters. The van der Waals surface area contributed by atoms with E-state index >= 15 is 0 Å². The van der Waals surface area contributed by atoms with Crippen LogP contribution in [0.25, 0.3) is 11.3 Å². The molecule has 8 heteroatoms. The zero-order valence-corrected chi connectivity index (χ0v) is 16.6. The van der Waals surface area contributed by atoms with Gasteiger partial charge in [0.1, 0.15) is 22.8 Å². The fraction of sp³-hybridized carbons (Fsp3) is 0.500. The number of aliphatic hydroxyl groups is 1. The van der Waals surface area contributed by atoms with Crippen LogP contribution in [0, 0.1) is 12.7 Å². The number of hydrogen-bond donors (Lipinski definition) is 2. The topological polar surface area (TPSA) is 78.6 Å². The van der Waals surface area contributed by atoms with E-state index < -0.39 is 5.82 Å². The van der Waals surface area contributed by atoms with E-state index in [4.69, 9.17) is 16.1 Å². The van der Waals surface area contributed by atoms with Crippen molar-refractivity contribution in [2.45, 2.75) is 38.6 Å². The number of amides is 1. The zero-order valence-electron chi connectivity index (χ0n) is 15.9. The molecule has 1 aromatic carbocycles. The lowest BCUT2D eigenvalue weighted by atomic mass is 10.0. The summed E-state index contributed by atoms with van der Waals surface area (Å²) >= 11 is 6.11. The van der Waals surface area contributed by atoms with Crippen molar-refractivity contribution >= 4 is 17.5 Å². The number of nitrogens with zero attached hydrogens (tertiary/aromatic N) is 2. The van der Waals surface area contributed by atoms with E-state index in [-0.39, 0.29) is 40.4 Å². The molecule has 1 atom stereocenters. The Labute approximate surface area is 168 Å². The molecule has 2 N–H and O–H groups in total. The number of aliphatic hydroxyl groups excluding tert-OH is 1. The first-order chi connectivity index (χ1) is 13.5. The second kappa shape index (κ2) is 9.49. The van der Waals surface area contributed by atoms with Gasteiger partial charge in [-0.2, -0.15) is 0 Å². The van der Waals surface area contributed by atoms with Gasteiger partial charge in [-0.15, -0.1) is 0 Å². The molecular formula is C20H25ClFN3O3. The van der Waals surface area contributed by atoms with Gasteiger partial charge in [-0.25, -0.2) is 4.39 Å². The van der Waals surface area contributed by atoms with Crippen LogP contribution in [-0.4, -0.2) is 53.4 Å². The first-order valence-electron chi connectivity index (χ1n) is 9.56. The highest BCUT2D eigenvalue weighted by Gasteiger charge is 2.25. The van der Waals surface area contributed by atoms with Crippen molar-refractivity contribution in [3.05, 3.63) is 40.4 Å². The normalized spacial score (nSPS) is 17.2. The van der Waals surface area contributed by atoms with Gasteiger partial charge in [-0.3, -0.25) is 9.69 Å². The molecule has 6 nitrogen and oxygen atoms in total. The minimum atomic E-state index is -0.557. The van der Waals surface area contributed by atoms with Crippen LogP contribution in [0.5, 0.6) is 0 Å². The summed E-state index contributed by atoms with van der Waals surface area (Å²) in [5.74, 6) is -0.601. The average molecular weight is 410 g/mol. The van der Waals surface area contributed by atoms with Crippen LogP contribution in [-0.2, 0) is 0 Å². The molecule has 1 fully saturated rings. The Morgan fingerprint density at radius 2 is 2.29 bits per heavy atom. The van der Waals surface area contributed by atoms with Crippen LogP contribution in [0.3, 0.4) is 0 Å². The molecule has 0 bridgehead atoms. The summed E-state index contributed by atoms with van der Waals surface area (Å²) in [4.78, 5) is 14.9. The SMILES string of the molecule is Cc1onc(-c2c(F)cccc2Cl)c1C(=O)NCCCCN1CCCC1CO. The lowest BCUT2D eigenvalue weighted by molar-refractivity contribution is 0.0951. The first-order valence-corrected chi connectivity index (χ1v) is 9.94. The fourth-order valence-corrected chi connectivity index (χ4v) is 3.91. The van der Waals surface area contributed by atoms with Crippen molar-refractivity contribution in [2.75, 3.05) is 26.2 Å². The third-order valence-electron chi connectivity index (χ3n) is 5.16. The molecule has 0 aliphatic carbocycles. The molecule has 0 saturated carbocycles. The van der Waals surface area contributed by atoms with E-state index in [0.29, 0.717) is 12.3 Å². The number of carbonyl (C=O) groups is 1. The van der Waals surface area contributed by atoms with Crippen molar-refractivity contribution in [1.82, 2.24) is 15.4 Å². The quantitative estimate of drug-likeness (QED) is 0.653. The smallest absolute Gasteiger partial charge is 0.257 e. The monoisotopic (exact) mass is 409 g/mol. The van der Waals surface area contributed by atoms with E-state index in [1.54, 1.807) is 13.0 Å². The molecule has 0 radical (unpaired) electrons. The molecule has 0 spiro atoms. The largest absolute Gasteiger partial charge is 0.395 e. The second-order valence-electron chi connectivity index (χ2n) is 7.04. The van der Waals surface area contributed by atoms with Crippen LogP contribution < -0.4 is 5.32 Å². The van der Waals surface area contributed by atoms with Crippen LogP contribution in [0.15, 0.2) is 22.7 Å². The van der Waals surface area contributed by atoms with E-state index in [0.717, 1.165) is 38.8 Å². The van der Waals surface area contributed by atoms with Crippen LogP contribution in [0.2, 0.25) is 5.02 Å². The molecule has 2 aromatic rings. The van der Waals surface area contributed by atoms with E-state index in [2.05, 4.69) is 15.4 Å². The highest BCUT2D eigenvalue weighted by atomic mass is 35.5.